The molecule has 1 unspecified atom stereocenters. The highest BCUT2D eigenvalue weighted by atomic mass is 31.0. The number of nitrogens with zero attached hydrogens (tertiary/aromatic N) is 7. The van der Waals surface area contributed by atoms with Crippen molar-refractivity contribution in [3.63, 3.8) is 0 Å². The fraction of sp³-hybridized carbons (Fsp3) is 0.350. The lowest BCUT2D eigenvalue weighted by Crippen LogP contribution is -2.22. The summed E-state index contributed by atoms with van der Waals surface area (Å²) in [4.78, 5) is 4.30. The number of fused-ring (bicyclic) bond motifs is 2. The van der Waals surface area contributed by atoms with Gasteiger partial charge in [-0.15, -0.1) is 19.4 Å². The molecule has 0 aliphatic rings. The van der Waals surface area contributed by atoms with Gasteiger partial charge in [-0.1, -0.05) is 11.3 Å². The van der Waals surface area contributed by atoms with E-state index in [4.69, 9.17) is 4.74 Å². The molecule has 13 heteroatoms. The number of nitrogens with one attached hydrogen (secondary N) is 1. The number of aromatic nitrogens is 6. The van der Waals surface area contributed by atoms with Crippen molar-refractivity contribution in [2.75, 3.05) is 19.0 Å². The highest BCUT2D eigenvalue weighted by Crippen LogP contribution is 2.36. The van der Waals surface area contributed by atoms with Gasteiger partial charge in [0, 0.05) is 6.54 Å². The molecule has 33 heavy (non-hydrogen) atoms. The molecule has 0 saturated heterocycles. The van der Waals surface area contributed by atoms with Crippen molar-refractivity contribution < 1.29 is 17.9 Å². The number of rotatable bonds is 7. The van der Waals surface area contributed by atoms with Gasteiger partial charge in [0.2, 0.25) is 11.8 Å². The fourth-order valence-electron chi connectivity index (χ4n) is 3.27. The van der Waals surface area contributed by atoms with Gasteiger partial charge in [0.1, 0.15) is 16.8 Å². The Morgan fingerprint density at radius 1 is 1.33 bits per heavy atom. The largest absolute Gasteiger partial charge is 0.479 e. The van der Waals surface area contributed by atoms with Crippen LogP contribution in [0.2, 0.25) is 0 Å². The van der Waals surface area contributed by atoms with Crippen LogP contribution in [0.15, 0.2) is 24.4 Å². The molecule has 4 aromatic rings. The average molecular weight is 476 g/mol. The second-order valence-electron chi connectivity index (χ2n) is 8.00. The minimum absolute atomic E-state index is 0.101. The number of anilines is 1. The SMILES string of the molecule is COc1nc(NCC(C)(C)C#N)nn2cc(F)c(-c3ccc4nnn([C@@H](P)C(F)F)c4c3)c12. The van der Waals surface area contributed by atoms with E-state index in [0.717, 1.165) is 4.68 Å². The zero-order valence-corrected chi connectivity index (χ0v) is 19.1. The Hall–Kier alpha value is -3.45. The number of nitriles is 1. The second kappa shape index (κ2) is 8.48. The lowest BCUT2D eigenvalue weighted by Gasteiger charge is -2.16. The molecular weight excluding hydrogens is 456 g/mol. The maximum absolute atomic E-state index is 15.1. The van der Waals surface area contributed by atoms with Crippen molar-refractivity contribution in [2.24, 2.45) is 5.41 Å². The van der Waals surface area contributed by atoms with Crippen molar-refractivity contribution in [1.29, 1.82) is 5.26 Å². The number of alkyl halides is 2. The topological polar surface area (TPSA) is 106 Å². The van der Waals surface area contributed by atoms with Gasteiger partial charge in [0.15, 0.2) is 5.82 Å². The molecule has 1 N–H and O–H groups in total. The zero-order valence-electron chi connectivity index (χ0n) is 17.9. The van der Waals surface area contributed by atoms with Crippen LogP contribution >= 0.6 is 9.24 Å². The van der Waals surface area contributed by atoms with E-state index in [1.807, 2.05) is 9.24 Å². The molecule has 0 fully saturated rings. The first-order valence-electron chi connectivity index (χ1n) is 9.82. The minimum Gasteiger partial charge on any atom is -0.479 e. The van der Waals surface area contributed by atoms with Crippen LogP contribution in [0, 0.1) is 22.6 Å². The lowest BCUT2D eigenvalue weighted by molar-refractivity contribution is 0.117. The van der Waals surface area contributed by atoms with E-state index in [9.17, 15) is 14.0 Å². The molecule has 0 aliphatic carbocycles. The Labute approximate surface area is 188 Å². The summed E-state index contributed by atoms with van der Waals surface area (Å²) in [5, 5.41) is 24.1. The summed E-state index contributed by atoms with van der Waals surface area (Å²) in [6.45, 7) is 3.78. The highest BCUT2D eigenvalue weighted by Gasteiger charge is 2.24. The summed E-state index contributed by atoms with van der Waals surface area (Å²) in [7, 11) is 3.43. The third-order valence-electron chi connectivity index (χ3n) is 5.04. The molecule has 3 heterocycles. The standard InChI is InChI=1S/C20H20F3N8OP/c1-20(2,8-24)9-25-19-26-17(32-3)15-14(11(21)7-30(15)28-19)10-4-5-12-13(6-10)31(29-27-12)18(33)16(22)23/h4-7,16,18H,9,33H2,1-3H3,(H,25,28)/t18-/m0/s1. The van der Waals surface area contributed by atoms with Gasteiger partial charge in [-0.3, -0.25) is 0 Å². The number of hydrogen-bond donors (Lipinski definition) is 1. The van der Waals surface area contributed by atoms with E-state index in [2.05, 4.69) is 31.8 Å². The van der Waals surface area contributed by atoms with E-state index in [1.54, 1.807) is 26.0 Å². The van der Waals surface area contributed by atoms with E-state index in [1.165, 1.54) is 23.9 Å². The van der Waals surface area contributed by atoms with Gasteiger partial charge < -0.3 is 10.1 Å². The Morgan fingerprint density at radius 2 is 2.09 bits per heavy atom. The van der Waals surface area contributed by atoms with Gasteiger partial charge >= 0.3 is 0 Å². The molecule has 1 aromatic carbocycles. The van der Waals surface area contributed by atoms with Crippen molar-refractivity contribution in [3.8, 4) is 23.1 Å². The number of hydrogen-bond acceptors (Lipinski definition) is 7. The average Bonchev–Trinajstić information content (AvgIpc) is 3.36. The summed E-state index contributed by atoms with van der Waals surface area (Å²) in [5.74, 6) is -1.63. The first kappa shape index (κ1) is 22.7. The van der Waals surface area contributed by atoms with Crippen LogP contribution in [-0.4, -0.2) is 49.7 Å². The summed E-state index contributed by atoms with van der Waals surface area (Å²) < 4.78 is 49.3. The van der Waals surface area contributed by atoms with Crippen LogP contribution in [0.1, 0.15) is 19.6 Å². The molecule has 172 valence electrons. The van der Waals surface area contributed by atoms with Crippen LogP contribution in [0.25, 0.3) is 27.7 Å². The second-order valence-corrected chi connectivity index (χ2v) is 8.68. The number of ether oxygens (including phenoxy) is 1. The van der Waals surface area contributed by atoms with Crippen LogP contribution < -0.4 is 10.1 Å². The first-order valence-corrected chi connectivity index (χ1v) is 10.5. The summed E-state index contributed by atoms with van der Waals surface area (Å²) in [6.07, 6.45) is -1.51. The normalized spacial score (nSPS) is 12.9. The molecule has 0 bridgehead atoms. The van der Waals surface area contributed by atoms with Gasteiger partial charge in [-0.05, 0) is 31.5 Å². The summed E-state index contributed by atoms with van der Waals surface area (Å²) in [5.41, 5.74) is 0.843. The van der Waals surface area contributed by atoms with Crippen molar-refractivity contribution >= 4 is 31.7 Å². The van der Waals surface area contributed by atoms with Gasteiger partial charge in [0.25, 0.3) is 6.43 Å². The Balaban J connectivity index is 1.83. The summed E-state index contributed by atoms with van der Waals surface area (Å²) in [6, 6.07) is 6.89. The molecule has 0 saturated carbocycles. The van der Waals surface area contributed by atoms with Crippen molar-refractivity contribution in [3.05, 3.63) is 30.2 Å². The quantitative estimate of drug-likeness (QED) is 0.404. The highest BCUT2D eigenvalue weighted by molar-refractivity contribution is 7.16. The number of benzene rings is 1. The van der Waals surface area contributed by atoms with Gasteiger partial charge in [0.05, 0.1) is 35.9 Å². The minimum atomic E-state index is -2.68. The fourth-order valence-corrected chi connectivity index (χ4v) is 3.49. The molecule has 3 aromatic heterocycles. The maximum atomic E-state index is 15.1. The van der Waals surface area contributed by atoms with E-state index < -0.39 is 23.4 Å². The third-order valence-corrected chi connectivity index (χ3v) is 5.61. The molecular formula is C20H20F3N8OP. The molecule has 0 aliphatic heterocycles. The summed E-state index contributed by atoms with van der Waals surface area (Å²) >= 11 is 0. The van der Waals surface area contributed by atoms with Crippen LogP contribution in [0.5, 0.6) is 5.88 Å². The maximum Gasteiger partial charge on any atom is 0.264 e. The molecule has 4 rings (SSSR count). The molecule has 0 spiro atoms. The molecule has 0 amide bonds. The van der Waals surface area contributed by atoms with E-state index in [0.29, 0.717) is 16.6 Å². The molecule has 0 radical (unpaired) electrons. The van der Waals surface area contributed by atoms with Crippen molar-refractivity contribution in [1.82, 2.24) is 29.6 Å². The Morgan fingerprint density at radius 3 is 2.76 bits per heavy atom. The van der Waals surface area contributed by atoms with Crippen LogP contribution in [-0.2, 0) is 0 Å². The zero-order chi connectivity index (χ0) is 23.9. The number of methoxy groups -OCH3 is 1. The molecule has 9 nitrogen and oxygen atoms in total. The molecule has 2 atom stereocenters. The smallest absolute Gasteiger partial charge is 0.264 e. The Bertz CT molecular complexity index is 1380. The van der Waals surface area contributed by atoms with Crippen LogP contribution in [0.4, 0.5) is 19.1 Å². The Kier molecular flexibility index (Phi) is 5.84. The number of halogens is 3. The predicted octanol–water partition coefficient (Wildman–Crippen LogP) is 3.89. The van der Waals surface area contributed by atoms with E-state index >= 15 is 4.39 Å². The first-order chi connectivity index (χ1) is 15.6. The van der Waals surface area contributed by atoms with Gasteiger partial charge in [-0.25, -0.2) is 22.4 Å². The lowest BCUT2D eigenvalue weighted by atomic mass is 9.96. The van der Waals surface area contributed by atoms with Crippen LogP contribution in [0.3, 0.4) is 0 Å². The van der Waals surface area contributed by atoms with E-state index in [-0.39, 0.29) is 29.5 Å². The third kappa shape index (κ3) is 4.16. The monoisotopic (exact) mass is 476 g/mol. The van der Waals surface area contributed by atoms with Gasteiger partial charge in [-0.2, -0.15) is 10.2 Å². The predicted molar refractivity (Wildman–Crippen MR) is 119 cm³/mol. The van der Waals surface area contributed by atoms with Crippen molar-refractivity contribution in [2.45, 2.75) is 26.1 Å².